The maximum Gasteiger partial charge on any atom is 0.651 e. The molecule has 6 fully saturated rings. The molecule has 6 aliphatic rings. The zero-order chi connectivity index (χ0) is 42.5. The normalized spacial score (nSPS) is 39.1. The van der Waals surface area contributed by atoms with Crippen LogP contribution in [0.3, 0.4) is 0 Å². The van der Waals surface area contributed by atoms with Crippen molar-refractivity contribution in [1.29, 1.82) is 0 Å². The van der Waals surface area contributed by atoms with Crippen LogP contribution < -0.4 is 0 Å². The van der Waals surface area contributed by atoms with Crippen LogP contribution in [0.5, 0.6) is 0 Å². The third-order valence-corrected chi connectivity index (χ3v) is 50.7. The average molecular weight is 1060 g/mol. The first-order chi connectivity index (χ1) is 26.2. The van der Waals surface area contributed by atoms with Gasteiger partial charge in [0.15, 0.2) is 63.3 Å². The van der Waals surface area contributed by atoms with Crippen LogP contribution in [0.25, 0.3) is 0 Å². The van der Waals surface area contributed by atoms with Gasteiger partial charge in [0.25, 0.3) is 0 Å². The number of rotatable bonds is 19. The zero-order valence-electron chi connectivity index (χ0n) is 34.9. The summed E-state index contributed by atoms with van der Waals surface area (Å²) in [5.74, 6) is -0.574. The van der Waals surface area contributed by atoms with E-state index in [1.54, 1.807) is 6.92 Å². The van der Waals surface area contributed by atoms with Crippen LogP contribution in [0.4, 0.5) is 0 Å². The molecule has 0 aromatic carbocycles. The largest absolute Gasteiger partial charge is 0.651 e. The highest BCUT2D eigenvalue weighted by atomic mass is 28.7. The maximum absolute atomic E-state index is 12.5. The van der Waals surface area contributed by atoms with E-state index in [-0.39, 0.29) is 24.6 Å². The number of ether oxygens (including phenoxy) is 1. The van der Waals surface area contributed by atoms with Crippen molar-refractivity contribution in [3.8, 4) is 0 Å². The number of esters is 1. The van der Waals surface area contributed by atoms with Crippen LogP contribution in [-0.2, 0) is 87.7 Å². The standard InChI is InChI=1S/C21H53O21Si15/c1-20(2)21(22)23-18-17-19-50-31-51(24-43(3)4)34-54(27-46(9)10)36-52(32-50,25-44(5)6)38-56(29-48(13)14)39-53(33-50,26-45(7)8)37-55(35-51,28-47(11)12)41-57(40-54,42-56)30-49(15)16/h1,17-19H2,2-16H3. The molecule has 323 valence electrons. The topological polar surface area (TPSA) is 202 Å². The Bertz CT molecular complexity index is 1300. The maximum atomic E-state index is 12.5. The van der Waals surface area contributed by atoms with Gasteiger partial charge in [-0.05, 0) is 105 Å². The Labute approximate surface area is 356 Å². The lowest BCUT2D eigenvalue weighted by molar-refractivity contribution is -0.139. The lowest BCUT2D eigenvalue weighted by Crippen LogP contribution is -2.91. The SMILES string of the molecule is C=C(C)C(=O)OCCC[Si]12O[Si]3(O[Si](C)C)O[Si]4(O[Si](C)C)O[Si](O[Si](C)C)(O1)O[Si]1(O[Si](C)C)O[Si](O[Si](C)C)(O2)O[Si](O[Si](C)C)(O3)O[Si](O[Si](C)C)(O4)O1. The van der Waals surface area contributed by atoms with E-state index in [2.05, 4.69) is 6.58 Å². The molecule has 36 heteroatoms. The Morgan fingerprint density at radius 1 is 0.421 bits per heavy atom. The Kier molecular flexibility index (Phi) is 16.3. The second kappa shape index (κ2) is 18.7. The van der Waals surface area contributed by atoms with Crippen molar-refractivity contribution < 1.29 is 87.7 Å². The predicted molar refractivity (Wildman–Crippen MR) is 224 cm³/mol. The van der Waals surface area contributed by atoms with E-state index in [0.29, 0.717) is 0 Å². The Morgan fingerprint density at radius 3 is 0.825 bits per heavy atom. The van der Waals surface area contributed by atoms with E-state index in [0.717, 1.165) is 0 Å². The lowest BCUT2D eigenvalue weighted by Gasteiger charge is -2.59. The molecule has 0 aromatic heterocycles. The first-order valence-electron chi connectivity index (χ1n) is 17.9. The van der Waals surface area contributed by atoms with E-state index >= 15 is 0 Å². The highest BCUT2D eigenvalue weighted by Gasteiger charge is 2.90. The summed E-state index contributed by atoms with van der Waals surface area (Å²) >= 11 is 0. The second-order valence-electron chi connectivity index (χ2n) is 14.5. The Morgan fingerprint density at radius 2 is 0.632 bits per heavy atom. The monoisotopic (exact) mass is 1060 g/mol. The molecule has 0 aliphatic carbocycles. The second-order valence-corrected chi connectivity index (χ2v) is 51.6. The van der Waals surface area contributed by atoms with Gasteiger partial charge in [-0.1, -0.05) is 6.58 Å². The van der Waals surface area contributed by atoms with E-state index in [9.17, 15) is 4.79 Å². The van der Waals surface area contributed by atoms with Crippen LogP contribution in [0.15, 0.2) is 12.2 Å². The van der Waals surface area contributed by atoms with E-state index in [4.69, 9.17) is 82.9 Å². The van der Waals surface area contributed by atoms with Crippen molar-refractivity contribution in [3.63, 3.8) is 0 Å². The molecule has 0 N–H and O–H groups in total. The van der Waals surface area contributed by atoms with E-state index in [1.165, 1.54) is 0 Å². The summed E-state index contributed by atoms with van der Waals surface area (Å²) < 4.78 is 138. The zero-order valence-corrected chi connectivity index (χ0v) is 49.9. The van der Waals surface area contributed by atoms with Gasteiger partial charge in [-0.2, -0.15) is 0 Å². The third kappa shape index (κ3) is 12.3. The third-order valence-electron chi connectivity index (χ3n) is 6.60. The molecule has 7 radical (unpaired) electrons. The van der Waals surface area contributed by atoms with Gasteiger partial charge in [-0.15, -0.1) is 0 Å². The van der Waals surface area contributed by atoms with Gasteiger partial charge in [-0.3, -0.25) is 0 Å². The molecule has 6 aliphatic heterocycles. The summed E-state index contributed by atoms with van der Waals surface area (Å²) in [4.78, 5) is 12.5. The van der Waals surface area contributed by atoms with E-state index < -0.39 is 141 Å². The Hall–Kier alpha value is 1.70. The van der Waals surface area contributed by atoms with Gasteiger partial charge in [0.1, 0.15) is 0 Å². The van der Waals surface area contributed by atoms with Gasteiger partial charge < -0.3 is 82.9 Å². The molecular formula is C21H53O21Si15. The lowest BCUT2D eigenvalue weighted by atomic mass is 10.4. The van der Waals surface area contributed by atoms with Crippen LogP contribution >= 0.6 is 0 Å². The molecule has 57 heavy (non-hydrogen) atoms. The number of carbonyl (C=O) groups excluding carboxylic acids is 1. The molecule has 0 unspecified atom stereocenters. The molecule has 0 spiro atoms. The molecule has 6 saturated heterocycles. The smallest absolute Gasteiger partial charge is 0.462 e. The molecule has 0 atom stereocenters. The van der Waals surface area contributed by atoms with Crippen molar-refractivity contribution in [2.45, 2.75) is 111 Å². The van der Waals surface area contributed by atoms with Crippen LogP contribution in [-0.4, -0.2) is 148 Å². The molecule has 0 aromatic rings. The first-order valence-corrected chi connectivity index (χ1v) is 48.1. The fraction of sp³-hybridized carbons (Fsp3) is 0.857. The highest BCUT2D eigenvalue weighted by Crippen LogP contribution is 2.51. The molecular weight excluding hydrogens is 1010 g/mol. The average Bonchev–Trinajstić information content (AvgIpc) is 2.92. The van der Waals surface area contributed by atoms with Gasteiger partial charge in [-0.25, -0.2) is 4.79 Å². The van der Waals surface area contributed by atoms with Crippen molar-refractivity contribution in [2.75, 3.05) is 6.61 Å². The molecule has 0 amide bonds. The summed E-state index contributed by atoms with van der Waals surface area (Å²) in [6, 6.07) is -0.0800. The van der Waals surface area contributed by atoms with Crippen molar-refractivity contribution in [3.05, 3.63) is 12.2 Å². The van der Waals surface area contributed by atoms with Crippen molar-refractivity contribution in [1.82, 2.24) is 0 Å². The summed E-state index contributed by atoms with van der Waals surface area (Å²) in [6.07, 6.45) is 0.125. The quantitative estimate of drug-likeness (QED) is 0.0790. The minimum absolute atomic E-state index is 0.0800. The summed E-state index contributed by atoms with van der Waals surface area (Å²) in [7, 11) is -51.2. The molecule has 6 rings (SSSR count). The van der Waals surface area contributed by atoms with Gasteiger partial charge in [0.05, 0.1) is 6.61 Å². The predicted octanol–water partition coefficient (Wildman–Crippen LogP) is 2.63. The van der Waals surface area contributed by atoms with Crippen molar-refractivity contribution in [2.24, 2.45) is 0 Å². The van der Waals surface area contributed by atoms with Gasteiger partial charge in [0, 0.05) is 11.6 Å². The summed E-state index contributed by atoms with van der Waals surface area (Å²) in [5.41, 5.74) is 0.233. The minimum Gasteiger partial charge on any atom is -0.462 e. The first kappa shape index (κ1) is 49.7. The van der Waals surface area contributed by atoms with E-state index in [1.807, 2.05) is 91.7 Å². The number of hydrogen-bond acceptors (Lipinski definition) is 21. The molecule has 8 bridgehead atoms. The number of hydrogen-bond donors (Lipinski definition) is 0. The summed E-state index contributed by atoms with van der Waals surface area (Å²) in [5, 5.41) is 0. The van der Waals surface area contributed by atoms with Crippen LogP contribution in [0.2, 0.25) is 97.7 Å². The summed E-state index contributed by atoms with van der Waals surface area (Å²) in [6.45, 7) is 31.3. The molecule has 0 saturated carbocycles. The van der Waals surface area contributed by atoms with Crippen LogP contribution in [0.1, 0.15) is 13.3 Å². The van der Waals surface area contributed by atoms with Gasteiger partial charge in [0.2, 0.25) is 0 Å². The van der Waals surface area contributed by atoms with Crippen LogP contribution in [0, 0.1) is 0 Å². The number of carbonyl (C=O) groups is 1. The highest BCUT2D eigenvalue weighted by molar-refractivity contribution is 7.02. The van der Waals surface area contributed by atoms with Crippen molar-refractivity contribution >= 4 is 141 Å². The molecule has 6 heterocycles. The fourth-order valence-electron chi connectivity index (χ4n) is 5.37. The van der Waals surface area contributed by atoms with Gasteiger partial charge >= 0.3 is 78.1 Å². The minimum atomic E-state index is -4.86. The Balaban J connectivity index is 1.91. The molecule has 21 nitrogen and oxygen atoms in total. The fourth-order valence-corrected chi connectivity index (χ4v) is 61.1.